The summed E-state index contributed by atoms with van der Waals surface area (Å²) in [6.07, 6.45) is 11.5. The molecular weight excluding hydrogens is 340 g/mol. The summed E-state index contributed by atoms with van der Waals surface area (Å²) in [4.78, 5) is 9.04. The molecule has 0 aliphatic heterocycles. The molecule has 3 rings (SSSR count). The molecule has 0 bridgehead atoms. The van der Waals surface area contributed by atoms with Crippen molar-refractivity contribution in [2.75, 3.05) is 12.4 Å². The van der Waals surface area contributed by atoms with E-state index in [0.717, 1.165) is 69.9 Å². The number of ether oxygens (including phenoxy) is 1. The fourth-order valence-electron chi connectivity index (χ4n) is 4.59. The number of hydrogen-bond acceptors (Lipinski definition) is 6. The lowest BCUT2D eigenvalue weighted by molar-refractivity contribution is -0.0191. The first kappa shape index (κ1) is 20.0. The summed E-state index contributed by atoms with van der Waals surface area (Å²) >= 11 is 0. The standard InChI is InChI=1S/C21H32N4O2/c1-3-21(26)10-4-5-15(12-21)11-19-16(13-22)14-23-20(25-19)24-17-6-8-18(27-2)9-7-17/h14-15,17-18,26H,3-12H2,1-2H3,(H,23,24,25)/t15-,17?,18?,21-/m0/s1. The monoisotopic (exact) mass is 372 g/mol. The summed E-state index contributed by atoms with van der Waals surface area (Å²) in [5.41, 5.74) is 0.810. The van der Waals surface area contributed by atoms with Crippen LogP contribution in [0.15, 0.2) is 6.20 Å². The number of rotatable bonds is 6. The van der Waals surface area contributed by atoms with Gasteiger partial charge in [0.2, 0.25) is 5.95 Å². The van der Waals surface area contributed by atoms with Crippen LogP contribution in [0, 0.1) is 17.2 Å². The highest BCUT2D eigenvalue weighted by Gasteiger charge is 2.33. The van der Waals surface area contributed by atoms with Crippen molar-refractivity contribution >= 4 is 5.95 Å². The number of nitrogens with zero attached hydrogens (tertiary/aromatic N) is 3. The Balaban J connectivity index is 1.66. The number of anilines is 1. The van der Waals surface area contributed by atoms with Gasteiger partial charge in [-0.3, -0.25) is 0 Å². The second-order valence-corrected chi connectivity index (χ2v) is 8.26. The summed E-state index contributed by atoms with van der Waals surface area (Å²) in [7, 11) is 1.78. The third kappa shape index (κ3) is 5.18. The van der Waals surface area contributed by atoms with E-state index in [4.69, 9.17) is 4.74 Å². The number of nitriles is 1. The quantitative estimate of drug-likeness (QED) is 0.793. The van der Waals surface area contributed by atoms with Crippen LogP contribution in [0.25, 0.3) is 0 Å². The van der Waals surface area contributed by atoms with Crippen molar-refractivity contribution in [1.29, 1.82) is 5.26 Å². The van der Waals surface area contributed by atoms with Crippen molar-refractivity contribution in [1.82, 2.24) is 9.97 Å². The normalized spacial score (nSPS) is 31.3. The van der Waals surface area contributed by atoms with Gasteiger partial charge < -0.3 is 15.2 Å². The Morgan fingerprint density at radius 3 is 2.78 bits per heavy atom. The highest BCUT2D eigenvalue weighted by molar-refractivity contribution is 5.37. The van der Waals surface area contributed by atoms with Crippen LogP contribution in [0.2, 0.25) is 0 Å². The van der Waals surface area contributed by atoms with Crippen molar-refractivity contribution in [3.05, 3.63) is 17.5 Å². The lowest BCUT2D eigenvalue weighted by Gasteiger charge is -2.36. The van der Waals surface area contributed by atoms with E-state index in [1.807, 2.05) is 6.92 Å². The van der Waals surface area contributed by atoms with E-state index < -0.39 is 5.60 Å². The maximum atomic E-state index is 10.6. The van der Waals surface area contributed by atoms with Crippen LogP contribution < -0.4 is 5.32 Å². The van der Waals surface area contributed by atoms with Gasteiger partial charge in [-0.25, -0.2) is 9.97 Å². The summed E-state index contributed by atoms with van der Waals surface area (Å²) < 4.78 is 5.43. The Bertz CT molecular complexity index is 667. The fraction of sp³-hybridized carbons (Fsp3) is 0.762. The summed E-state index contributed by atoms with van der Waals surface area (Å²) in [5.74, 6) is 0.988. The molecule has 148 valence electrons. The van der Waals surface area contributed by atoms with E-state index >= 15 is 0 Å². The van der Waals surface area contributed by atoms with Crippen LogP contribution in [0.4, 0.5) is 5.95 Å². The van der Waals surface area contributed by atoms with E-state index in [1.54, 1.807) is 13.3 Å². The van der Waals surface area contributed by atoms with Crippen molar-refractivity contribution in [3.8, 4) is 6.07 Å². The summed E-state index contributed by atoms with van der Waals surface area (Å²) in [5, 5.41) is 23.5. The Morgan fingerprint density at radius 1 is 1.33 bits per heavy atom. The molecule has 1 heterocycles. The molecular formula is C21H32N4O2. The average Bonchev–Trinajstić information content (AvgIpc) is 2.69. The fourth-order valence-corrected chi connectivity index (χ4v) is 4.59. The Hall–Kier alpha value is -1.71. The molecule has 2 aliphatic carbocycles. The molecule has 6 heteroatoms. The minimum absolute atomic E-state index is 0.358. The zero-order chi connectivity index (χ0) is 19.3. The predicted molar refractivity (Wildman–Crippen MR) is 104 cm³/mol. The van der Waals surface area contributed by atoms with Crippen LogP contribution >= 0.6 is 0 Å². The van der Waals surface area contributed by atoms with Crippen molar-refractivity contribution in [3.63, 3.8) is 0 Å². The predicted octanol–water partition coefficient (Wildman–Crippen LogP) is 3.59. The van der Waals surface area contributed by atoms with Gasteiger partial charge >= 0.3 is 0 Å². The topological polar surface area (TPSA) is 91.1 Å². The second kappa shape index (κ2) is 8.99. The second-order valence-electron chi connectivity index (χ2n) is 8.26. The van der Waals surface area contributed by atoms with Crippen molar-refractivity contribution in [2.24, 2.45) is 5.92 Å². The van der Waals surface area contributed by atoms with Gasteiger partial charge in [-0.1, -0.05) is 13.3 Å². The van der Waals surface area contributed by atoms with Gasteiger partial charge in [-0.2, -0.15) is 5.26 Å². The Morgan fingerprint density at radius 2 is 2.11 bits per heavy atom. The van der Waals surface area contributed by atoms with Crippen LogP contribution in [0.1, 0.15) is 76.0 Å². The molecule has 6 nitrogen and oxygen atoms in total. The largest absolute Gasteiger partial charge is 0.390 e. The van der Waals surface area contributed by atoms with E-state index in [2.05, 4.69) is 21.4 Å². The first-order valence-corrected chi connectivity index (χ1v) is 10.3. The minimum Gasteiger partial charge on any atom is -0.390 e. The van der Waals surface area contributed by atoms with Gasteiger partial charge in [0.25, 0.3) is 0 Å². The molecule has 2 N–H and O–H groups in total. The molecule has 1 aromatic rings. The van der Waals surface area contributed by atoms with Gasteiger partial charge in [-0.05, 0) is 63.7 Å². The van der Waals surface area contributed by atoms with Crippen LogP contribution in [0.3, 0.4) is 0 Å². The van der Waals surface area contributed by atoms with E-state index in [1.165, 1.54) is 0 Å². The maximum Gasteiger partial charge on any atom is 0.223 e. The third-order valence-electron chi connectivity index (χ3n) is 6.39. The zero-order valence-electron chi connectivity index (χ0n) is 16.6. The van der Waals surface area contributed by atoms with E-state index in [9.17, 15) is 10.4 Å². The smallest absolute Gasteiger partial charge is 0.223 e. The number of hydrogen-bond donors (Lipinski definition) is 2. The van der Waals surface area contributed by atoms with E-state index in [-0.39, 0.29) is 0 Å². The molecule has 0 unspecified atom stereocenters. The van der Waals surface area contributed by atoms with Crippen LogP contribution in [-0.4, -0.2) is 39.9 Å². The third-order valence-corrected chi connectivity index (χ3v) is 6.39. The van der Waals surface area contributed by atoms with E-state index in [0.29, 0.717) is 29.6 Å². The Kier molecular flexibility index (Phi) is 6.67. The molecule has 0 aromatic carbocycles. The molecule has 0 amide bonds. The molecule has 2 fully saturated rings. The van der Waals surface area contributed by atoms with Gasteiger partial charge in [0.05, 0.1) is 29.2 Å². The van der Waals surface area contributed by atoms with Gasteiger partial charge in [0, 0.05) is 13.2 Å². The summed E-state index contributed by atoms with van der Waals surface area (Å²) in [6, 6.07) is 2.59. The zero-order valence-corrected chi connectivity index (χ0v) is 16.6. The SMILES string of the molecule is CC[C@]1(O)CCC[C@@H](Cc2nc(NC3CCC(OC)CC3)ncc2C#N)C1. The highest BCUT2D eigenvalue weighted by atomic mass is 16.5. The molecule has 2 atom stereocenters. The molecule has 0 saturated heterocycles. The number of nitrogens with one attached hydrogen (secondary N) is 1. The molecule has 0 radical (unpaired) electrons. The molecule has 2 saturated carbocycles. The van der Waals surface area contributed by atoms with Crippen molar-refractivity contribution < 1.29 is 9.84 Å². The van der Waals surface area contributed by atoms with Gasteiger partial charge in [0.15, 0.2) is 0 Å². The van der Waals surface area contributed by atoms with Crippen LogP contribution in [0.5, 0.6) is 0 Å². The molecule has 2 aliphatic rings. The van der Waals surface area contributed by atoms with Gasteiger partial charge in [-0.15, -0.1) is 0 Å². The minimum atomic E-state index is -0.552. The number of aromatic nitrogens is 2. The lowest BCUT2D eigenvalue weighted by atomic mass is 9.75. The molecule has 1 aromatic heterocycles. The van der Waals surface area contributed by atoms with Crippen molar-refractivity contribution in [2.45, 2.75) is 88.9 Å². The first-order chi connectivity index (χ1) is 13.0. The summed E-state index contributed by atoms with van der Waals surface area (Å²) in [6.45, 7) is 2.05. The first-order valence-electron chi connectivity index (χ1n) is 10.3. The average molecular weight is 373 g/mol. The molecule has 27 heavy (non-hydrogen) atoms. The lowest BCUT2D eigenvalue weighted by Crippen LogP contribution is -2.35. The highest BCUT2D eigenvalue weighted by Crippen LogP contribution is 2.36. The number of aliphatic hydroxyl groups is 1. The Labute approximate surface area is 162 Å². The maximum absolute atomic E-state index is 10.6. The van der Waals surface area contributed by atoms with Crippen LogP contribution in [-0.2, 0) is 11.2 Å². The van der Waals surface area contributed by atoms with Gasteiger partial charge in [0.1, 0.15) is 6.07 Å². The molecule has 0 spiro atoms. The number of methoxy groups -OCH3 is 1.